The van der Waals surface area contributed by atoms with E-state index in [0.29, 0.717) is 5.95 Å². The van der Waals surface area contributed by atoms with Crippen LogP contribution in [0.25, 0.3) is 0 Å². The largest absolute Gasteiger partial charge is 1.00 e. The molecule has 0 aliphatic rings. The molecule has 13 heavy (non-hydrogen) atoms. The molecule has 7 heteroatoms. The van der Waals surface area contributed by atoms with Gasteiger partial charge in [0.2, 0.25) is 0 Å². The maximum atomic E-state index is 10.4. The predicted octanol–water partition coefficient (Wildman–Crippen LogP) is -3.44. The molecule has 0 amide bonds. The summed E-state index contributed by atoms with van der Waals surface area (Å²) in [6, 6.07) is -0.656. The van der Waals surface area contributed by atoms with Crippen molar-refractivity contribution in [2.75, 3.05) is 11.9 Å². The minimum absolute atomic E-state index is 0. The molecule has 1 rings (SSSR count). The van der Waals surface area contributed by atoms with E-state index in [9.17, 15) is 5.11 Å². The van der Waals surface area contributed by atoms with Crippen molar-refractivity contribution in [1.29, 1.82) is 0 Å². The van der Waals surface area contributed by atoms with Gasteiger partial charge in [-0.2, -0.15) is 0 Å². The fourth-order valence-corrected chi connectivity index (χ4v) is 0.668. The van der Waals surface area contributed by atoms with Gasteiger partial charge in [-0.15, -0.1) is 20.4 Å². The Morgan fingerprint density at radius 1 is 1.23 bits per heavy atom. The maximum Gasteiger partial charge on any atom is 1.00 e. The van der Waals surface area contributed by atoms with Gasteiger partial charge >= 0.3 is 51.4 Å². The second kappa shape index (κ2) is 7.57. The van der Waals surface area contributed by atoms with Crippen molar-refractivity contribution in [3.05, 3.63) is 0 Å². The molecule has 1 aromatic rings. The molecule has 1 heterocycles. The van der Waals surface area contributed by atoms with Gasteiger partial charge in [-0.25, -0.2) is 0 Å². The summed E-state index contributed by atoms with van der Waals surface area (Å²) in [6.07, 6.45) is 2.12. The Balaban J connectivity index is 0.00000144. The van der Waals surface area contributed by atoms with Gasteiger partial charge in [-0.1, -0.05) is 13.3 Å². The molecule has 0 unspecified atom stereocenters. The Bertz CT molecular complexity index is 229. The molecule has 1 aromatic heterocycles. The van der Waals surface area contributed by atoms with Crippen LogP contribution < -0.4 is 61.8 Å². The first kappa shape index (κ1) is 13.2. The monoisotopic (exact) mass is 207 g/mol. The molecule has 0 saturated heterocycles. The zero-order chi connectivity index (χ0) is 8.81. The van der Waals surface area contributed by atoms with Crippen LogP contribution in [0.2, 0.25) is 0 Å². The van der Waals surface area contributed by atoms with E-state index >= 15 is 0 Å². The molecule has 0 aromatic carbocycles. The standard InChI is InChI=1S/C6H11N5O.K/c1-2-3-4-7-5-8-10-6(12)11-9-5;/h2-4H2,1H3,(H,7,8,9)(H,10,11,12);/q;+1/p-1. The van der Waals surface area contributed by atoms with E-state index in [-0.39, 0.29) is 51.4 Å². The Morgan fingerprint density at radius 3 is 2.38 bits per heavy atom. The molecular formula is C6H10KN5O. The van der Waals surface area contributed by atoms with Crippen LogP contribution in [0, 0.1) is 0 Å². The SMILES string of the molecule is CCCCNc1nnc([O-])nn1.[K+]. The van der Waals surface area contributed by atoms with Gasteiger partial charge in [0.1, 0.15) is 6.01 Å². The Hall–Kier alpha value is 0.176. The molecule has 0 atom stereocenters. The molecule has 0 saturated carbocycles. The number of hydrogen-bond donors (Lipinski definition) is 1. The molecule has 0 aliphatic heterocycles. The van der Waals surface area contributed by atoms with E-state index < -0.39 is 6.01 Å². The van der Waals surface area contributed by atoms with Gasteiger partial charge < -0.3 is 10.4 Å². The van der Waals surface area contributed by atoms with E-state index in [1.165, 1.54) is 0 Å². The third-order valence-electron chi connectivity index (χ3n) is 1.27. The quantitative estimate of drug-likeness (QED) is 0.408. The van der Waals surface area contributed by atoms with E-state index in [0.717, 1.165) is 19.4 Å². The van der Waals surface area contributed by atoms with Crippen LogP contribution in [0.1, 0.15) is 19.8 Å². The van der Waals surface area contributed by atoms with Crippen LogP contribution in [0.15, 0.2) is 0 Å². The Kier molecular flexibility index (Phi) is 7.67. The average Bonchev–Trinajstić information content (AvgIpc) is 2.09. The number of hydrogen-bond acceptors (Lipinski definition) is 6. The summed E-state index contributed by atoms with van der Waals surface area (Å²) in [5, 5.41) is 26.7. The Morgan fingerprint density at radius 2 is 1.85 bits per heavy atom. The van der Waals surface area contributed by atoms with Gasteiger partial charge in [0.15, 0.2) is 0 Å². The van der Waals surface area contributed by atoms with E-state index in [1.54, 1.807) is 0 Å². The molecule has 66 valence electrons. The summed E-state index contributed by atoms with van der Waals surface area (Å²) in [7, 11) is 0. The Labute approximate surface area is 119 Å². The van der Waals surface area contributed by atoms with Crippen LogP contribution in [-0.4, -0.2) is 26.9 Å². The third-order valence-corrected chi connectivity index (χ3v) is 1.27. The van der Waals surface area contributed by atoms with Crippen molar-refractivity contribution in [3.8, 4) is 6.01 Å². The fourth-order valence-electron chi connectivity index (χ4n) is 0.668. The minimum atomic E-state index is -0.656. The number of rotatable bonds is 4. The van der Waals surface area contributed by atoms with Crippen LogP contribution in [0.3, 0.4) is 0 Å². The van der Waals surface area contributed by atoms with Gasteiger partial charge in [-0.05, 0) is 6.42 Å². The molecule has 1 N–H and O–H groups in total. The third kappa shape index (κ3) is 5.47. The van der Waals surface area contributed by atoms with Crippen LogP contribution in [0.5, 0.6) is 6.01 Å². The number of nitrogens with zero attached hydrogens (tertiary/aromatic N) is 4. The first-order valence-corrected chi connectivity index (χ1v) is 3.81. The number of nitrogens with one attached hydrogen (secondary N) is 1. The van der Waals surface area contributed by atoms with Crippen molar-refractivity contribution < 1.29 is 56.5 Å². The summed E-state index contributed by atoms with van der Waals surface area (Å²) in [5.74, 6) is 0.308. The molecule has 0 spiro atoms. The first-order valence-electron chi connectivity index (χ1n) is 3.81. The summed E-state index contributed by atoms with van der Waals surface area (Å²) >= 11 is 0. The van der Waals surface area contributed by atoms with Crippen LogP contribution in [-0.2, 0) is 0 Å². The summed E-state index contributed by atoms with van der Waals surface area (Å²) < 4.78 is 0. The van der Waals surface area contributed by atoms with Crippen LogP contribution >= 0.6 is 0 Å². The molecular weight excluding hydrogens is 197 g/mol. The maximum absolute atomic E-state index is 10.4. The molecule has 0 aliphatic carbocycles. The summed E-state index contributed by atoms with van der Waals surface area (Å²) in [4.78, 5) is 0. The predicted molar refractivity (Wildman–Crippen MR) is 40.5 cm³/mol. The van der Waals surface area contributed by atoms with Crippen molar-refractivity contribution in [2.24, 2.45) is 0 Å². The average molecular weight is 207 g/mol. The van der Waals surface area contributed by atoms with Gasteiger partial charge in [0, 0.05) is 6.54 Å². The molecule has 0 bridgehead atoms. The van der Waals surface area contributed by atoms with Crippen molar-refractivity contribution >= 4 is 5.95 Å². The zero-order valence-corrected chi connectivity index (χ0v) is 10.9. The topological polar surface area (TPSA) is 86.7 Å². The minimum Gasteiger partial charge on any atom is -0.842 e. The van der Waals surface area contributed by atoms with E-state index in [1.807, 2.05) is 0 Å². The van der Waals surface area contributed by atoms with E-state index in [2.05, 4.69) is 32.6 Å². The number of unbranched alkanes of at least 4 members (excludes halogenated alkanes) is 1. The van der Waals surface area contributed by atoms with Crippen molar-refractivity contribution in [1.82, 2.24) is 20.4 Å². The fraction of sp³-hybridized carbons (Fsp3) is 0.667. The number of aromatic nitrogens is 4. The van der Waals surface area contributed by atoms with Crippen molar-refractivity contribution in [2.45, 2.75) is 19.8 Å². The zero-order valence-electron chi connectivity index (χ0n) is 7.82. The van der Waals surface area contributed by atoms with Gasteiger partial charge in [0.25, 0.3) is 5.95 Å². The second-order valence-corrected chi connectivity index (χ2v) is 2.29. The first-order chi connectivity index (χ1) is 5.83. The smallest absolute Gasteiger partial charge is 0.842 e. The number of anilines is 1. The van der Waals surface area contributed by atoms with Crippen molar-refractivity contribution in [3.63, 3.8) is 0 Å². The molecule has 6 nitrogen and oxygen atoms in total. The summed E-state index contributed by atoms with van der Waals surface area (Å²) in [5.41, 5.74) is 0. The van der Waals surface area contributed by atoms with E-state index in [4.69, 9.17) is 0 Å². The molecule has 0 radical (unpaired) electrons. The van der Waals surface area contributed by atoms with Gasteiger partial charge in [0.05, 0.1) is 0 Å². The van der Waals surface area contributed by atoms with Gasteiger partial charge in [-0.3, -0.25) is 0 Å². The second-order valence-electron chi connectivity index (χ2n) is 2.29. The molecule has 0 fully saturated rings. The normalized spacial score (nSPS) is 9.00. The summed E-state index contributed by atoms with van der Waals surface area (Å²) in [6.45, 7) is 2.86. The van der Waals surface area contributed by atoms with Crippen LogP contribution in [0.4, 0.5) is 5.95 Å².